The van der Waals surface area contributed by atoms with Crippen LogP contribution in [0.25, 0.3) is 5.69 Å². The number of rotatable bonds is 15. The molecule has 1 aromatic heterocycles. The Labute approximate surface area is 300 Å². The molecule has 3 atom stereocenters. The van der Waals surface area contributed by atoms with Crippen molar-refractivity contribution in [1.82, 2.24) is 25.5 Å². The van der Waals surface area contributed by atoms with Gasteiger partial charge in [0.05, 0.1) is 35.9 Å². The maximum Gasteiger partial charge on any atom is 0.224 e. The van der Waals surface area contributed by atoms with Gasteiger partial charge in [0.2, 0.25) is 17.0 Å². The van der Waals surface area contributed by atoms with Gasteiger partial charge in [-0.3, -0.25) is 9.59 Å². The number of nitrogen functional groups attached to an aromatic ring is 1. The molecule has 1 fully saturated rings. The van der Waals surface area contributed by atoms with Crippen LogP contribution in [0.4, 0.5) is 11.4 Å². The number of para-hydroxylation sites is 3. The number of aliphatic hydroxyl groups is 1. The third-order valence-corrected chi connectivity index (χ3v) is 9.54. The molecule has 5 aromatic rings. The Bertz CT molecular complexity index is 1870. The van der Waals surface area contributed by atoms with Crippen LogP contribution in [0.3, 0.4) is 0 Å². The zero-order chi connectivity index (χ0) is 35.4. The summed E-state index contributed by atoms with van der Waals surface area (Å²) >= 11 is 1.52. The summed E-state index contributed by atoms with van der Waals surface area (Å²) in [6, 6.07) is 32.5. The first kappa shape index (κ1) is 35.7. The van der Waals surface area contributed by atoms with Gasteiger partial charge in [-0.15, -0.1) is 5.10 Å². The molecular weight excluding hydrogens is 667 g/mol. The quantitative estimate of drug-likeness (QED) is 0.0586. The fraction of sp³-hybridized carbons (Fsp3) is 0.289. The summed E-state index contributed by atoms with van der Waals surface area (Å²) < 4.78 is 14.7. The van der Waals surface area contributed by atoms with E-state index in [2.05, 4.69) is 26.2 Å². The SMILES string of the molecule is Nc1ccccc1NC(=O)CCCCC(=O)NCc1ccc([C@@H]2O[C@H](CSc3nnnn3-c3ccccc3)C[C@H](c3ccc(CO)cc3)O2)cc1. The van der Waals surface area contributed by atoms with Gasteiger partial charge >= 0.3 is 0 Å². The van der Waals surface area contributed by atoms with E-state index in [1.54, 1.807) is 16.8 Å². The number of unbranched alkanes of at least 4 members (excludes halogenated alkanes) is 1. The Kier molecular flexibility index (Phi) is 12.4. The fourth-order valence-corrected chi connectivity index (χ4v) is 6.57. The van der Waals surface area contributed by atoms with Crippen molar-refractivity contribution in [2.75, 3.05) is 16.8 Å². The lowest BCUT2D eigenvalue weighted by Gasteiger charge is -2.36. The summed E-state index contributed by atoms with van der Waals surface area (Å²) in [6.07, 6.45) is 1.46. The van der Waals surface area contributed by atoms with Gasteiger partial charge in [0.15, 0.2) is 6.29 Å². The number of nitrogens with two attached hydrogens (primary N) is 1. The number of thioether (sulfide) groups is 1. The molecule has 264 valence electrons. The van der Waals surface area contributed by atoms with E-state index in [0.717, 1.165) is 27.9 Å². The van der Waals surface area contributed by atoms with Gasteiger partial charge in [-0.25, -0.2) is 0 Å². The Morgan fingerprint density at radius 3 is 2.27 bits per heavy atom. The molecule has 13 heteroatoms. The highest BCUT2D eigenvalue weighted by molar-refractivity contribution is 7.99. The second-order valence-corrected chi connectivity index (χ2v) is 13.2. The van der Waals surface area contributed by atoms with Gasteiger partial charge in [-0.1, -0.05) is 90.6 Å². The number of hydrogen-bond acceptors (Lipinski definition) is 10. The van der Waals surface area contributed by atoms with Crippen LogP contribution < -0.4 is 16.4 Å². The van der Waals surface area contributed by atoms with E-state index in [1.165, 1.54) is 11.8 Å². The molecular formula is C38H41N7O5S. The minimum Gasteiger partial charge on any atom is -0.397 e. The average molecular weight is 708 g/mol. The standard InChI is InChI=1S/C38H41N7O5S/c39-32-10-4-5-11-33(32)41-36(48)13-7-6-12-35(47)40-23-26-14-20-29(21-15-26)37-49-31(22-34(50-37)28-18-16-27(24-46)17-19-28)25-51-38-42-43-44-45(38)30-8-2-1-3-9-30/h1-5,8-11,14-21,31,34,37,46H,6-7,12-13,22-25,39H2,(H,40,47)(H,41,48)/t31-,34+,37+/m0/s1. The van der Waals surface area contributed by atoms with Gasteiger partial charge in [-0.05, 0) is 64.2 Å². The minimum atomic E-state index is -0.615. The molecule has 1 aliphatic heterocycles. The monoisotopic (exact) mass is 707 g/mol. The van der Waals surface area contributed by atoms with Crippen LogP contribution >= 0.6 is 11.8 Å². The number of aliphatic hydroxyl groups excluding tert-OH is 1. The molecule has 0 aliphatic carbocycles. The summed E-state index contributed by atoms with van der Waals surface area (Å²) in [5.74, 6) is 0.411. The largest absolute Gasteiger partial charge is 0.397 e. The van der Waals surface area contributed by atoms with E-state index in [4.69, 9.17) is 15.2 Å². The summed E-state index contributed by atoms with van der Waals surface area (Å²) in [5.41, 5.74) is 11.5. The third-order valence-electron chi connectivity index (χ3n) is 8.49. The van der Waals surface area contributed by atoms with Crippen molar-refractivity contribution >= 4 is 35.0 Å². The fourth-order valence-electron chi connectivity index (χ4n) is 5.67. The van der Waals surface area contributed by atoms with Crippen LogP contribution in [0, 0.1) is 0 Å². The lowest BCUT2D eigenvalue weighted by molar-refractivity contribution is -0.245. The molecule has 12 nitrogen and oxygen atoms in total. The summed E-state index contributed by atoms with van der Waals surface area (Å²) in [4.78, 5) is 24.7. The Morgan fingerprint density at radius 1 is 0.843 bits per heavy atom. The normalized spacial score (nSPS) is 17.2. The van der Waals surface area contributed by atoms with Crippen molar-refractivity contribution in [2.24, 2.45) is 0 Å². The first-order valence-corrected chi connectivity index (χ1v) is 17.9. The number of carbonyl (C=O) groups excluding carboxylic acids is 2. The molecule has 0 radical (unpaired) electrons. The van der Waals surface area contributed by atoms with Crippen LogP contribution in [-0.2, 0) is 32.2 Å². The molecule has 2 heterocycles. The minimum absolute atomic E-state index is 0.0239. The maximum atomic E-state index is 12.5. The van der Waals surface area contributed by atoms with Gasteiger partial charge < -0.3 is 30.9 Å². The molecule has 2 amide bonds. The molecule has 6 rings (SSSR count). The number of aromatic nitrogens is 4. The summed E-state index contributed by atoms with van der Waals surface area (Å²) in [7, 11) is 0. The molecule has 4 aromatic carbocycles. The number of tetrazole rings is 1. The number of nitrogens with zero attached hydrogens (tertiary/aromatic N) is 4. The van der Waals surface area contributed by atoms with E-state index >= 15 is 0 Å². The van der Waals surface area contributed by atoms with Gasteiger partial charge in [0, 0.05) is 37.1 Å². The van der Waals surface area contributed by atoms with E-state index in [-0.39, 0.29) is 30.6 Å². The number of anilines is 2. The first-order valence-electron chi connectivity index (χ1n) is 16.9. The number of ether oxygens (including phenoxy) is 2. The summed E-state index contributed by atoms with van der Waals surface area (Å²) in [6.45, 7) is 0.360. The predicted octanol–water partition coefficient (Wildman–Crippen LogP) is 5.89. The molecule has 0 bridgehead atoms. The molecule has 0 spiro atoms. The van der Waals surface area contributed by atoms with E-state index in [9.17, 15) is 14.7 Å². The number of benzene rings is 4. The van der Waals surface area contributed by atoms with Crippen LogP contribution in [0.15, 0.2) is 108 Å². The summed E-state index contributed by atoms with van der Waals surface area (Å²) in [5, 5.41) is 28.3. The molecule has 0 unspecified atom stereocenters. The molecule has 51 heavy (non-hydrogen) atoms. The highest BCUT2D eigenvalue weighted by atomic mass is 32.2. The number of amides is 2. The zero-order valence-electron chi connectivity index (χ0n) is 28.1. The number of carbonyl (C=O) groups is 2. The van der Waals surface area contributed by atoms with E-state index in [1.807, 2.05) is 91.0 Å². The van der Waals surface area contributed by atoms with Crippen molar-refractivity contribution in [3.8, 4) is 5.69 Å². The second-order valence-electron chi connectivity index (χ2n) is 12.2. The van der Waals surface area contributed by atoms with E-state index < -0.39 is 6.29 Å². The average Bonchev–Trinajstić information content (AvgIpc) is 3.65. The Hall–Kier alpha value is -5.08. The smallest absolute Gasteiger partial charge is 0.224 e. The van der Waals surface area contributed by atoms with Crippen molar-refractivity contribution in [3.63, 3.8) is 0 Å². The van der Waals surface area contributed by atoms with Crippen LogP contribution in [0.5, 0.6) is 0 Å². The van der Waals surface area contributed by atoms with Crippen molar-refractivity contribution < 1.29 is 24.2 Å². The third kappa shape index (κ3) is 10.0. The highest BCUT2D eigenvalue weighted by Crippen LogP contribution is 2.39. The van der Waals surface area contributed by atoms with Crippen LogP contribution in [0.1, 0.15) is 66.8 Å². The van der Waals surface area contributed by atoms with Crippen molar-refractivity contribution in [3.05, 3.63) is 125 Å². The first-order chi connectivity index (χ1) is 24.9. The zero-order valence-corrected chi connectivity index (χ0v) is 28.9. The topological polar surface area (TPSA) is 167 Å². The van der Waals surface area contributed by atoms with E-state index in [0.29, 0.717) is 60.9 Å². The Morgan fingerprint density at radius 2 is 1.53 bits per heavy atom. The number of hydrogen-bond donors (Lipinski definition) is 4. The molecule has 0 saturated carbocycles. The van der Waals surface area contributed by atoms with Gasteiger partial charge in [0.1, 0.15) is 0 Å². The van der Waals surface area contributed by atoms with Crippen molar-refractivity contribution in [1.29, 1.82) is 0 Å². The second kappa shape index (κ2) is 17.7. The van der Waals surface area contributed by atoms with Gasteiger partial charge in [0.25, 0.3) is 0 Å². The molecule has 1 aliphatic rings. The Balaban J connectivity index is 1.02. The number of nitrogens with one attached hydrogen (secondary N) is 2. The highest BCUT2D eigenvalue weighted by Gasteiger charge is 2.32. The molecule has 1 saturated heterocycles. The van der Waals surface area contributed by atoms with Crippen LogP contribution in [0.2, 0.25) is 0 Å². The van der Waals surface area contributed by atoms with Crippen molar-refractivity contribution in [2.45, 2.75) is 68.9 Å². The lowest BCUT2D eigenvalue weighted by Crippen LogP contribution is -2.31. The maximum absolute atomic E-state index is 12.5. The van der Waals surface area contributed by atoms with Crippen LogP contribution in [-0.4, -0.2) is 49.0 Å². The molecule has 5 N–H and O–H groups in total. The van der Waals surface area contributed by atoms with Gasteiger partial charge in [-0.2, -0.15) is 4.68 Å². The lowest BCUT2D eigenvalue weighted by atomic mass is 10.0. The predicted molar refractivity (Wildman–Crippen MR) is 195 cm³/mol.